The third-order valence-electron chi connectivity index (χ3n) is 4.92. The first-order valence-corrected chi connectivity index (χ1v) is 9.92. The van der Waals surface area contributed by atoms with Crippen molar-refractivity contribution in [3.05, 3.63) is 47.4 Å². The summed E-state index contributed by atoms with van der Waals surface area (Å²) >= 11 is 0. The van der Waals surface area contributed by atoms with Crippen LogP contribution in [0.25, 0.3) is 11.8 Å². The molecule has 0 atom stereocenters. The van der Waals surface area contributed by atoms with Crippen molar-refractivity contribution in [2.75, 3.05) is 0 Å². The summed E-state index contributed by atoms with van der Waals surface area (Å²) in [7, 11) is 0. The van der Waals surface area contributed by atoms with Gasteiger partial charge in [0.05, 0.1) is 0 Å². The molecule has 0 heterocycles. The molecule has 0 fully saturated rings. The molecule has 0 aliphatic rings. The molecule has 1 heteroatoms. The molecule has 0 aromatic heterocycles. The first-order chi connectivity index (χ1) is 11.8. The molecule has 1 aromatic rings. The lowest BCUT2D eigenvalue weighted by Gasteiger charge is -2.19. The molecular formula is C23H37N. The number of hydrogen-bond donors (Lipinski definition) is 1. The lowest BCUT2D eigenvalue weighted by Crippen LogP contribution is -2.29. The fourth-order valence-electron chi connectivity index (χ4n) is 3.49. The number of unbranched alkanes of at least 4 members (excludes halogenated alkanes) is 6. The molecule has 1 rings (SSSR count). The maximum atomic E-state index is 5.85. The smallest absolute Gasteiger partial charge is 0.00176 e. The highest BCUT2D eigenvalue weighted by Gasteiger charge is 2.13. The average Bonchev–Trinajstić information content (AvgIpc) is 2.62. The van der Waals surface area contributed by atoms with Crippen LogP contribution in [0.5, 0.6) is 0 Å². The van der Waals surface area contributed by atoms with Gasteiger partial charge in [0.15, 0.2) is 0 Å². The molecule has 0 bridgehead atoms. The summed E-state index contributed by atoms with van der Waals surface area (Å²) in [5.41, 5.74) is 7.24. The van der Waals surface area contributed by atoms with E-state index in [9.17, 15) is 0 Å². The Balaban J connectivity index is 3.01. The van der Waals surface area contributed by atoms with E-state index in [2.05, 4.69) is 50.8 Å². The van der Waals surface area contributed by atoms with E-state index in [1.807, 2.05) is 0 Å². The first-order valence-electron chi connectivity index (χ1n) is 9.92. The summed E-state index contributed by atoms with van der Waals surface area (Å²) < 4.78 is 0. The van der Waals surface area contributed by atoms with Crippen molar-refractivity contribution < 1.29 is 0 Å². The van der Waals surface area contributed by atoms with E-state index in [-0.39, 0.29) is 0 Å². The molecule has 0 amide bonds. The Kier molecular flexibility index (Phi) is 11.0. The zero-order valence-electron chi connectivity index (χ0n) is 15.9. The number of hydrogen-bond acceptors (Lipinski definition) is 1. The van der Waals surface area contributed by atoms with Gasteiger partial charge in [0, 0.05) is 6.20 Å². The predicted octanol–water partition coefficient (Wildman–Crippen LogP) is 5.28. The minimum absolute atomic E-state index is 0.609. The third kappa shape index (κ3) is 6.95. The summed E-state index contributed by atoms with van der Waals surface area (Å²) in [6, 6.07) is 8.46. The molecule has 1 nitrogen and oxygen atoms in total. The highest BCUT2D eigenvalue weighted by Crippen LogP contribution is 2.26. The monoisotopic (exact) mass is 327 g/mol. The Morgan fingerprint density at radius 2 is 1.54 bits per heavy atom. The second kappa shape index (κ2) is 12.9. The van der Waals surface area contributed by atoms with Gasteiger partial charge in [0.1, 0.15) is 0 Å². The van der Waals surface area contributed by atoms with Crippen molar-refractivity contribution in [2.24, 2.45) is 11.7 Å². The summed E-state index contributed by atoms with van der Waals surface area (Å²) in [5.74, 6) is 0.609. The van der Waals surface area contributed by atoms with E-state index < -0.39 is 0 Å². The largest absolute Gasteiger partial charge is 0.404 e. The number of allylic oxidation sites excluding steroid dienone is 1. The number of rotatable bonds is 12. The molecule has 1 aromatic carbocycles. The summed E-state index contributed by atoms with van der Waals surface area (Å²) in [6.45, 7) is 8.68. The third-order valence-corrected chi connectivity index (χ3v) is 4.92. The van der Waals surface area contributed by atoms with Crippen molar-refractivity contribution in [2.45, 2.75) is 78.1 Å². The van der Waals surface area contributed by atoms with Crippen LogP contribution < -0.4 is 16.2 Å². The topological polar surface area (TPSA) is 26.0 Å². The standard InChI is InChI=1S/C23H37N/c1-4-7-9-11-15-20(16-12-10-8-5-2)22(6-3)23-18-14-13-17-21(23)19-24/h6,13-14,17-20H,3-5,7-12,15-16,24H2,1-2H3/b21-19-,23-22+. The van der Waals surface area contributed by atoms with Crippen LogP contribution in [0, 0.1) is 5.92 Å². The predicted molar refractivity (Wildman–Crippen MR) is 109 cm³/mol. The van der Waals surface area contributed by atoms with Crippen LogP contribution in [0.3, 0.4) is 0 Å². The maximum Gasteiger partial charge on any atom is 0.00176 e. The van der Waals surface area contributed by atoms with Gasteiger partial charge in [-0.1, -0.05) is 102 Å². The second-order valence-electron chi connectivity index (χ2n) is 6.81. The van der Waals surface area contributed by atoms with Crippen LogP contribution in [0.2, 0.25) is 0 Å². The highest BCUT2D eigenvalue weighted by molar-refractivity contribution is 5.58. The Bertz CT molecular complexity index is 558. The van der Waals surface area contributed by atoms with Gasteiger partial charge >= 0.3 is 0 Å². The Morgan fingerprint density at radius 3 is 2.04 bits per heavy atom. The molecule has 24 heavy (non-hydrogen) atoms. The van der Waals surface area contributed by atoms with Crippen LogP contribution in [-0.2, 0) is 0 Å². The minimum atomic E-state index is 0.609. The molecule has 0 saturated heterocycles. The van der Waals surface area contributed by atoms with Gasteiger partial charge in [-0.2, -0.15) is 0 Å². The molecule has 134 valence electrons. The van der Waals surface area contributed by atoms with Crippen LogP contribution in [-0.4, -0.2) is 0 Å². The Labute approximate surface area is 149 Å². The second-order valence-corrected chi connectivity index (χ2v) is 6.81. The minimum Gasteiger partial charge on any atom is -0.404 e. The molecule has 0 spiro atoms. The highest BCUT2D eigenvalue weighted by atomic mass is 14.5. The van der Waals surface area contributed by atoms with Crippen molar-refractivity contribution in [3.8, 4) is 0 Å². The molecule has 0 aliphatic carbocycles. The van der Waals surface area contributed by atoms with E-state index in [0.29, 0.717) is 5.92 Å². The molecule has 2 N–H and O–H groups in total. The lowest BCUT2D eigenvalue weighted by atomic mass is 9.86. The van der Waals surface area contributed by atoms with Crippen LogP contribution in [0.4, 0.5) is 0 Å². The van der Waals surface area contributed by atoms with Crippen molar-refractivity contribution in [1.29, 1.82) is 0 Å². The van der Waals surface area contributed by atoms with Gasteiger partial charge < -0.3 is 5.73 Å². The van der Waals surface area contributed by atoms with Gasteiger partial charge in [-0.05, 0) is 34.8 Å². The maximum absolute atomic E-state index is 5.85. The van der Waals surface area contributed by atoms with E-state index in [4.69, 9.17) is 5.73 Å². The summed E-state index contributed by atoms with van der Waals surface area (Å²) in [6.07, 6.45) is 17.0. The van der Waals surface area contributed by atoms with Gasteiger partial charge in [-0.25, -0.2) is 0 Å². The molecule has 0 aliphatic heterocycles. The number of nitrogens with two attached hydrogens (primary N) is 1. The molecule has 0 radical (unpaired) electrons. The van der Waals surface area contributed by atoms with Gasteiger partial charge in [-0.15, -0.1) is 0 Å². The van der Waals surface area contributed by atoms with E-state index >= 15 is 0 Å². The average molecular weight is 328 g/mol. The van der Waals surface area contributed by atoms with Gasteiger partial charge in [-0.3, -0.25) is 0 Å². The van der Waals surface area contributed by atoms with Crippen LogP contribution >= 0.6 is 0 Å². The molecular weight excluding hydrogens is 290 g/mol. The lowest BCUT2D eigenvalue weighted by molar-refractivity contribution is 0.483. The van der Waals surface area contributed by atoms with Crippen LogP contribution in [0.15, 0.2) is 36.9 Å². The van der Waals surface area contributed by atoms with Crippen molar-refractivity contribution >= 4 is 11.8 Å². The van der Waals surface area contributed by atoms with E-state index in [1.54, 1.807) is 6.20 Å². The zero-order chi connectivity index (χ0) is 17.6. The fourth-order valence-corrected chi connectivity index (χ4v) is 3.49. The quantitative estimate of drug-likeness (QED) is 0.519. The molecule has 0 saturated carbocycles. The SMILES string of the molecule is C=C/C(=c1/cccc/c1=C/N)C(CCCCCC)CCCCCC. The Hall–Kier alpha value is -1.50. The van der Waals surface area contributed by atoms with Crippen LogP contribution in [0.1, 0.15) is 78.1 Å². The fraction of sp³-hybridized carbons (Fsp3) is 0.565. The van der Waals surface area contributed by atoms with E-state index in [1.165, 1.54) is 75.0 Å². The summed E-state index contributed by atoms with van der Waals surface area (Å²) in [4.78, 5) is 0. The Morgan fingerprint density at radius 1 is 0.958 bits per heavy atom. The van der Waals surface area contributed by atoms with Gasteiger partial charge in [0.25, 0.3) is 0 Å². The summed E-state index contributed by atoms with van der Waals surface area (Å²) in [5, 5.41) is 2.39. The molecule has 0 unspecified atom stereocenters. The first kappa shape index (κ1) is 20.5. The number of benzene rings is 1. The normalized spacial score (nSPS) is 13.4. The zero-order valence-corrected chi connectivity index (χ0v) is 15.9. The van der Waals surface area contributed by atoms with Crippen molar-refractivity contribution in [1.82, 2.24) is 0 Å². The van der Waals surface area contributed by atoms with Crippen molar-refractivity contribution in [3.63, 3.8) is 0 Å². The van der Waals surface area contributed by atoms with E-state index in [0.717, 1.165) is 5.22 Å². The van der Waals surface area contributed by atoms with Gasteiger partial charge in [0.2, 0.25) is 0 Å².